The Labute approximate surface area is 281 Å². The maximum Gasteiger partial charge on any atom is 0.0864 e. The van der Waals surface area contributed by atoms with E-state index in [1.807, 2.05) is 0 Å². The average molecular weight is 626 g/mol. The van der Waals surface area contributed by atoms with Crippen LogP contribution in [-0.4, -0.2) is 13.1 Å². The van der Waals surface area contributed by atoms with Crippen molar-refractivity contribution in [2.24, 2.45) is 0 Å². The first-order valence-corrected chi connectivity index (χ1v) is 17.1. The van der Waals surface area contributed by atoms with Gasteiger partial charge in [0.2, 0.25) is 0 Å². The van der Waals surface area contributed by atoms with Crippen molar-refractivity contribution in [1.29, 1.82) is 0 Å². The number of nitrogens with one attached hydrogen (secondary N) is 5. The molecule has 1 aliphatic carbocycles. The lowest BCUT2D eigenvalue weighted by molar-refractivity contribution is 0.203. The molecule has 0 amide bonds. The summed E-state index contributed by atoms with van der Waals surface area (Å²) in [6.07, 6.45) is 8.06. The third kappa shape index (κ3) is 5.36. The molecule has 0 aromatic heterocycles. The van der Waals surface area contributed by atoms with E-state index in [-0.39, 0.29) is 18.5 Å². The maximum absolute atomic E-state index is 3.83. The minimum atomic E-state index is -0.0339. The van der Waals surface area contributed by atoms with Crippen LogP contribution in [0.4, 0.5) is 11.4 Å². The van der Waals surface area contributed by atoms with Crippen LogP contribution in [0.1, 0.15) is 58.7 Å². The van der Waals surface area contributed by atoms with Crippen LogP contribution in [0.3, 0.4) is 0 Å². The summed E-state index contributed by atoms with van der Waals surface area (Å²) >= 11 is 0. The number of anilines is 2. The Balaban J connectivity index is 1.04. The Morgan fingerprint density at radius 3 is 1.73 bits per heavy atom. The van der Waals surface area contributed by atoms with Crippen molar-refractivity contribution in [3.8, 4) is 0 Å². The molecule has 1 fully saturated rings. The van der Waals surface area contributed by atoms with Gasteiger partial charge >= 0.3 is 0 Å². The van der Waals surface area contributed by atoms with E-state index >= 15 is 0 Å². The van der Waals surface area contributed by atoms with Crippen LogP contribution < -0.4 is 26.6 Å². The summed E-state index contributed by atoms with van der Waals surface area (Å²) in [6.45, 7) is 1.87. The molecule has 0 radical (unpaired) electrons. The smallest absolute Gasteiger partial charge is 0.0864 e. The van der Waals surface area contributed by atoms with E-state index in [9.17, 15) is 0 Å². The summed E-state index contributed by atoms with van der Waals surface area (Å²) in [5.74, 6) is 0.305. The Hall–Kier alpha value is -5.20. The second-order valence-corrected chi connectivity index (χ2v) is 13.1. The van der Waals surface area contributed by atoms with Crippen molar-refractivity contribution in [3.63, 3.8) is 0 Å². The van der Waals surface area contributed by atoms with Crippen molar-refractivity contribution in [2.45, 2.75) is 30.8 Å². The van der Waals surface area contributed by atoms with Crippen molar-refractivity contribution in [2.75, 3.05) is 23.7 Å². The molecule has 6 aromatic rings. The minimum Gasteiger partial charge on any atom is -0.381 e. The number of benzene rings is 6. The highest BCUT2D eigenvalue weighted by Gasteiger charge is 2.30. The first-order chi connectivity index (χ1) is 23.8. The third-order valence-corrected chi connectivity index (χ3v) is 10.1. The number of hydrogen-bond acceptors (Lipinski definition) is 5. The molecule has 0 bridgehead atoms. The van der Waals surface area contributed by atoms with Gasteiger partial charge in [-0.15, -0.1) is 0 Å². The van der Waals surface area contributed by atoms with E-state index in [1.165, 1.54) is 66.3 Å². The number of rotatable bonds is 5. The van der Waals surface area contributed by atoms with Crippen LogP contribution in [0.25, 0.3) is 27.1 Å². The second-order valence-electron chi connectivity index (χ2n) is 13.1. The van der Waals surface area contributed by atoms with Gasteiger partial charge in [0.25, 0.3) is 0 Å². The van der Waals surface area contributed by atoms with Crippen molar-refractivity contribution in [3.05, 3.63) is 173 Å². The zero-order valence-corrected chi connectivity index (χ0v) is 26.8. The van der Waals surface area contributed by atoms with Gasteiger partial charge in [-0.05, 0) is 62.7 Å². The van der Waals surface area contributed by atoms with E-state index < -0.39 is 0 Å². The molecule has 3 aliphatic rings. The van der Waals surface area contributed by atoms with Gasteiger partial charge in [-0.2, -0.15) is 0 Å². The zero-order chi connectivity index (χ0) is 31.9. The molecule has 0 spiro atoms. The minimum absolute atomic E-state index is 0.00468. The van der Waals surface area contributed by atoms with E-state index in [4.69, 9.17) is 0 Å². The lowest BCUT2D eigenvalue weighted by Gasteiger charge is -2.39. The molecule has 236 valence electrons. The van der Waals surface area contributed by atoms with E-state index in [0.29, 0.717) is 5.92 Å². The summed E-state index contributed by atoms with van der Waals surface area (Å²) in [5.41, 5.74) is 9.96. The fourth-order valence-corrected chi connectivity index (χ4v) is 7.70. The summed E-state index contributed by atoms with van der Waals surface area (Å²) in [5, 5.41) is 24.0. The molecule has 5 N–H and O–H groups in total. The average Bonchev–Trinajstić information content (AvgIpc) is 3.18. The predicted octanol–water partition coefficient (Wildman–Crippen LogP) is 9.14. The van der Waals surface area contributed by atoms with Gasteiger partial charge in [0.1, 0.15) is 0 Å². The van der Waals surface area contributed by atoms with Crippen molar-refractivity contribution >= 4 is 38.5 Å². The Kier molecular flexibility index (Phi) is 7.51. The number of allylic oxidation sites excluding steroid dienone is 4. The van der Waals surface area contributed by atoms with Gasteiger partial charge in [0.15, 0.2) is 0 Å². The number of hydrogen-bond donors (Lipinski definition) is 5. The van der Waals surface area contributed by atoms with Gasteiger partial charge in [-0.1, -0.05) is 133 Å². The molecule has 2 heterocycles. The first-order valence-electron chi connectivity index (χ1n) is 17.1. The molecule has 48 heavy (non-hydrogen) atoms. The SMILES string of the molecule is C1=CC(c2cccc(C3NC(c4ccccc4)NC(c4ccccc4)N3)c2)=CC(c2ccc3c4c(c5ccccc5c3c2)NCCN4)C1. The molecule has 2 aliphatic heterocycles. The quantitative estimate of drug-likeness (QED) is 0.124. The lowest BCUT2D eigenvalue weighted by atomic mass is 9.85. The highest BCUT2D eigenvalue weighted by molar-refractivity contribution is 6.20. The molecule has 9 rings (SSSR count). The molecule has 3 unspecified atom stereocenters. The van der Waals surface area contributed by atoms with Crippen LogP contribution in [-0.2, 0) is 0 Å². The highest BCUT2D eigenvalue weighted by atomic mass is 15.4. The summed E-state index contributed by atoms with van der Waals surface area (Å²) < 4.78 is 0. The summed E-state index contributed by atoms with van der Waals surface area (Å²) in [4.78, 5) is 0. The van der Waals surface area contributed by atoms with Crippen LogP contribution in [0.5, 0.6) is 0 Å². The van der Waals surface area contributed by atoms with Gasteiger partial charge in [-0.25, -0.2) is 0 Å². The van der Waals surface area contributed by atoms with E-state index in [2.05, 4.69) is 172 Å². The molecule has 6 aromatic carbocycles. The predicted molar refractivity (Wildman–Crippen MR) is 200 cm³/mol. The van der Waals surface area contributed by atoms with Gasteiger partial charge < -0.3 is 10.6 Å². The normalized spacial score (nSPS) is 22.0. The Morgan fingerprint density at radius 2 is 1.04 bits per heavy atom. The van der Waals surface area contributed by atoms with Crippen molar-refractivity contribution in [1.82, 2.24) is 16.0 Å². The Morgan fingerprint density at radius 1 is 0.458 bits per heavy atom. The molecule has 1 saturated heterocycles. The van der Waals surface area contributed by atoms with Crippen molar-refractivity contribution < 1.29 is 0 Å². The van der Waals surface area contributed by atoms with Gasteiger partial charge in [0.05, 0.1) is 29.9 Å². The largest absolute Gasteiger partial charge is 0.381 e. The molecular formula is C43H39N5. The van der Waals surface area contributed by atoms with Crippen LogP contribution in [0.15, 0.2) is 146 Å². The topological polar surface area (TPSA) is 60.1 Å². The first kappa shape index (κ1) is 29.0. The lowest BCUT2D eigenvalue weighted by Crippen LogP contribution is -2.54. The molecule has 5 heteroatoms. The molecule has 3 atom stereocenters. The standard InChI is InChI=1S/C43H39N5/c1-3-11-28(12-4-1)41-46-42(29-13-5-2-6-14-29)48-43(47-41)34-18-10-17-32(26-34)30-15-9-16-31(25-30)33-21-22-37-38(27-33)35-19-7-8-20-36(35)39-40(37)45-24-23-44-39/h1-15,17-22,25-27,31,41-48H,16,23-24H2. The van der Waals surface area contributed by atoms with Crippen LogP contribution >= 0.6 is 0 Å². The molecule has 5 nitrogen and oxygen atoms in total. The summed E-state index contributed by atoms with van der Waals surface area (Å²) in [7, 11) is 0. The third-order valence-electron chi connectivity index (χ3n) is 10.1. The van der Waals surface area contributed by atoms with Crippen LogP contribution in [0, 0.1) is 0 Å². The zero-order valence-electron chi connectivity index (χ0n) is 26.8. The number of fused-ring (bicyclic) bond motifs is 6. The van der Waals surface area contributed by atoms with E-state index in [1.54, 1.807) is 0 Å². The highest BCUT2D eigenvalue weighted by Crippen LogP contribution is 2.43. The summed E-state index contributed by atoms with van der Waals surface area (Å²) in [6, 6.07) is 46.2. The van der Waals surface area contributed by atoms with Crippen LogP contribution in [0.2, 0.25) is 0 Å². The fourth-order valence-electron chi connectivity index (χ4n) is 7.70. The fraction of sp³-hybridized carbons (Fsp3) is 0.163. The van der Waals surface area contributed by atoms with Gasteiger partial charge in [-0.3, -0.25) is 16.0 Å². The monoisotopic (exact) mass is 625 g/mol. The second kappa shape index (κ2) is 12.4. The molecular weight excluding hydrogens is 587 g/mol. The Bertz CT molecular complexity index is 2120. The molecule has 0 saturated carbocycles. The van der Waals surface area contributed by atoms with E-state index in [0.717, 1.165) is 19.5 Å². The maximum atomic E-state index is 3.83. The van der Waals surface area contributed by atoms with Gasteiger partial charge in [0, 0.05) is 29.8 Å².